The molecule has 1 amide bonds. The van der Waals surface area contributed by atoms with Crippen LogP contribution in [0.15, 0.2) is 18.2 Å². The highest BCUT2D eigenvalue weighted by molar-refractivity contribution is 6.31. The van der Waals surface area contributed by atoms with Gasteiger partial charge >= 0.3 is 5.97 Å². The second kappa shape index (κ2) is 8.10. The molecule has 0 saturated carbocycles. The molecule has 1 atom stereocenters. The van der Waals surface area contributed by atoms with E-state index in [0.717, 1.165) is 18.6 Å². The Kier molecular flexibility index (Phi) is 5.84. The molecular weight excluding hydrogens is 354 g/mol. The summed E-state index contributed by atoms with van der Waals surface area (Å²) in [5, 5.41) is 4.10. The standard InChI is InChI=1S/C19H24ClN3O3/c1-12-4-3-8-23(11-12)9-7-16(24)22-17-14-10-13(20)5-6-15(14)21-18(17)19(25)26-2/h5-6,10,12,21H,3-4,7-9,11H2,1-2H3,(H,22,24). The first-order chi connectivity index (χ1) is 12.5. The van der Waals surface area contributed by atoms with Gasteiger partial charge < -0.3 is 19.9 Å². The van der Waals surface area contributed by atoms with Crippen LogP contribution in [0.25, 0.3) is 10.9 Å². The first-order valence-electron chi connectivity index (χ1n) is 8.89. The lowest BCUT2D eigenvalue weighted by Crippen LogP contribution is -2.36. The summed E-state index contributed by atoms with van der Waals surface area (Å²) in [6.07, 6.45) is 2.80. The van der Waals surface area contributed by atoms with Crippen molar-refractivity contribution in [1.82, 2.24) is 9.88 Å². The lowest BCUT2D eigenvalue weighted by atomic mass is 10.0. The molecule has 1 saturated heterocycles. The zero-order valence-electron chi connectivity index (χ0n) is 15.1. The monoisotopic (exact) mass is 377 g/mol. The largest absolute Gasteiger partial charge is 0.464 e. The van der Waals surface area contributed by atoms with Gasteiger partial charge in [-0.25, -0.2) is 4.79 Å². The minimum absolute atomic E-state index is 0.130. The smallest absolute Gasteiger partial charge is 0.356 e. The van der Waals surface area contributed by atoms with Crippen LogP contribution in [-0.2, 0) is 9.53 Å². The second-order valence-electron chi connectivity index (χ2n) is 6.90. The topological polar surface area (TPSA) is 74.4 Å². The molecule has 2 heterocycles. The lowest BCUT2D eigenvalue weighted by molar-refractivity contribution is -0.116. The molecule has 0 spiro atoms. The minimum atomic E-state index is -0.530. The summed E-state index contributed by atoms with van der Waals surface area (Å²) in [6, 6.07) is 5.22. The predicted molar refractivity (Wildman–Crippen MR) is 103 cm³/mol. The van der Waals surface area contributed by atoms with Crippen LogP contribution in [0.4, 0.5) is 5.69 Å². The van der Waals surface area contributed by atoms with Gasteiger partial charge in [0.25, 0.3) is 0 Å². The zero-order chi connectivity index (χ0) is 18.7. The van der Waals surface area contributed by atoms with Gasteiger partial charge in [0.15, 0.2) is 0 Å². The number of amides is 1. The van der Waals surface area contributed by atoms with Crippen LogP contribution in [0, 0.1) is 5.92 Å². The number of nitrogens with zero attached hydrogens (tertiary/aromatic N) is 1. The molecule has 6 nitrogen and oxygen atoms in total. The van der Waals surface area contributed by atoms with E-state index in [-0.39, 0.29) is 11.6 Å². The fourth-order valence-corrected chi connectivity index (χ4v) is 3.67. The molecule has 3 rings (SSSR count). The highest BCUT2D eigenvalue weighted by Gasteiger charge is 2.21. The molecule has 1 aromatic carbocycles. The van der Waals surface area contributed by atoms with Crippen LogP contribution in [-0.4, -0.2) is 48.5 Å². The number of likely N-dealkylation sites (tertiary alicyclic amines) is 1. The summed E-state index contributed by atoms with van der Waals surface area (Å²) in [6.45, 7) is 5.02. The first kappa shape index (κ1) is 18.7. The summed E-state index contributed by atoms with van der Waals surface area (Å²) < 4.78 is 4.82. The Labute approximate surface area is 157 Å². The van der Waals surface area contributed by atoms with Gasteiger partial charge in [0.2, 0.25) is 5.91 Å². The van der Waals surface area contributed by atoms with Crippen LogP contribution >= 0.6 is 11.6 Å². The van der Waals surface area contributed by atoms with Crippen molar-refractivity contribution in [3.8, 4) is 0 Å². The number of hydrogen-bond acceptors (Lipinski definition) is 4. The van der Waals surface area contributed by atoms with E-state index < -0.39 is 5.97 Å². The van der Waals surface area contributed by atoms with Gasteiger partial charge in [-0.2, -0.15) is 0 Å². The maximum atomic E-state index is 12.5. The molecule has 26 heavy (non-hydrogen) atoms. The normalized spacial score (nSPS) is 18.0. The summed E-state index contributed by atoms with van der Waals surface area (Å²) >= 11 is 6.08. The summed E-state index contributed by atoms with van der Waals surface area (Å²) in [5.74, 6) is 0.0141. The maximum Gasteiger partial charge on any atom is 0.356 e. The second-order valence-corrected chi connectivity index (χ2v) is 7.34. The van der Waals surface area contributed by atoms with Crippen molar-refractivity contribution < 1.29 is 14.3 Å². The Balaban J connectivity index is 1.75. The summed E-state index contributed by atoms with van der Waals surface area (Å²) in [7, 11) is 1.31. The molecule has 0 aliphatic carbocycles. The molecule has 140 valence electrons. The average molecular weight is 378 g/mol. The molecule has 1 fully saturated rings. The third-order valence-electron chi connectivity index (χ3n) is 4.81. The van der Waals surface area contributed by atoms with Crippen LogP contribution in [0.2, 0.25) is 5.02 Å². The van der Waals surface area contributed by atoms with Crippen molar-refractivity contribution in [3.63, 3.8) is 0 Å². The fourth-order valence-electron chi connectivity index (χ4n) is 3.50. The average Bonchev–Trinajstić information content (AvgIpc) is 2.97. The Morgan fingerprint density at radius 3 is 2.96 bits per heavy atom. The predicted octanol–water partition coefficient (Wildman–Crippen LogP) is 3.67. The number of rotatable bonds is 5. The number of aromatic amines is 1. The van der Waals surface area contributed by atoms with E-state index >= 15 is 0 Å². The van der Waals surface area contributed by atoms with Gasteiger partial charge in [-0.15, -0.1) is 0 Å². The van der Waals surface area contributed by atoms with Crippen molar-refractivity contribution in [2.24, 2.45) is 5.92 Å². The van der Waals surface area contributed by atoms with E-state index in [0.29, 0.717) is 35.0 Å². The number of fused-ring (bicyclic) bond motifs is 1. The van der Waals surface area contributed by atoms with Gasteiger partial charge in [0.05, 0.1) is 12.8 Å². The minimum Gasteiger partial charge on any atom is -0.464 e. The van der Waals surface area contributed by atoms with E-state index in [1.54, 1.807) is 18.2 Å². The molecule has 1 aliphatic heterocycles. The van der Waals surface area contributed by atoms with Gasteiger partial charge in [-0.3, -0.25) is 4.79 Å². The van der Waals surface area contributed by atoms with Gasteiger partial charge in [0.1, 0.15) is 5.69 Å². The number of halogens is 1. The number of esters is 1. The van der Waals surface area contributed by atoms with Crippen molar-refractivity contribution >= 4 is 40.1 Å². The molecule has 2 aromatic rings. The van der Waals surface area contributed by atoms with Crippen molar-refractivity contribution in [2.45, 2.75) is 26.2 Å². The molecule has 0 radical (unpaired) electrons. The first-order valence-corrected chi connectivity index (χ1v) is 9.27. The number of hydrogen-bond donors (Lipinski definition) is 2. The summed E-state index contributed by atoms with van der Waals surface area (Å²) in [4.78, 5) is 29.9. The van der Waals surface area contributed by atoms with Gasteiger partial charge in [0, 0.05) is 35.4 Å². The number of nitrogens with one attached hydrogen (secondary N) is 2. The maximum absolute atomic E-state index is 12.5. The Morgan fingerprint density at radius 1 is 1.42 bits per heavy atom. The Bertz CT molecular complexity index is 818. The fraction of sp³-hybridized carbons (Fsp3) is 0.474. The van der Waals surface area contributed by atoms with E-state index in [1.807, 2.05) is 0 Å². The number of ether oxygens (including phenoxy) is 1. The van der Waals surface area contributed by atoms with E-state index in [4.69, 9.17) is 16.3 Å². The Morgan fingerprint density at radius 2 is 2.23 bits per heavy atom. The summed E-state index contributed by atoms with van der Waals surface area (Å²) in [5.41, 5.74) is 1.37. The number of aromatic nitrogens is 1. The Hall–Kier alpha value is -2.05. The quantitative estimate of drug-likeness (QED) is 0.779. The molecule has 1 aliphatic rings. The number of methoxy groups -OCH3 is 1. The molecule has 0 bridgehead atoms. The number of benzene rings is 1. The third-order valence-corrected chi connectivity index (χ3v) is 5.05. The molecule has 1 unspecified atom stereocenters. The number of carbonyl (C=O) groups excluding carboxylic acids is 2. The van der Waals surface area contributed by atoms with Crippen molar-refractivity contribution in [1.29, 1.82) is 0 Å². The third kappa shape index (κ3) is 4.19. The number of anilines is 1. The van der Waals surface area contributed by atoms with E-state index in [2.05, 4.69) is 22.1 Å². The van der Waals surface area contributed by atoms with Crippen LogP contribution in [0.3, 0.4) is 0 Å². The highest BCUT2D eigenvalue weighted by atomic mass is 35.5. The molecule has 1 aromatic heterocycles. The van der Waals surface area contributed by atoms with E-state index in [9.17, 15) is 9.59 Å². The van der Waals surface area contributed by atoms with Crippen LogP contribution in [0.5, 0.6) is 0 Å². The number of H-pyrrole nitrogens is 1. The van der Waals surface area contributed by atoms with Gasteiger partial charge in [-0.1, -0.05) is 18.5 Å². The van der Waals surface area contributed by atoms with Crippen LogP contribution in [0.1, 0.15) is 36.7 Å². The van der Waals surface area contributed by atoms with Crippen molar-refractivity contribution in [3.05, 3.63) is 28.9 Å². The van der Waals surface area contributed by atoms with Gasteiger partial charge in [-0.05, 0) is 43.5 Å². The van der Waals surface area contributed by atoms with E-state index in [1.165, 1.54) is 20.0 Å². The SMILES string of the molecule is COC(=O)c1[nH]c2ccc(Cl)cc2c1NC(=O)CCN1CCCC(C)C1. The van der Waals surface area contributed by atoms with Crippen LogP contribution < -0.4 is 5.32 Å². The lowest BCUT2D eigenvalue weighted by Gasteiger charge is -2.30. The molecule has 2 N–H and O–H groups in total. The van der Waals surface area contributed by atoms with Crippen molar-refractivity contribution in [2.75, 3.05) is 32.1 Å². The zero-order valence-corrected chi connectivity index (χ0v) is 15.9. The highest BCUT2D eigenvalue weighted by Crippen LogP contribution is 2.30. The molecule has 7 heteroatoms. The number of piperidine rings is 1. The number of carbonyl (C=O) groups is 2. The molecular formula is C19H24ClN3O3.